The Labute approximate surface area is 266 Å². The number of hydrogen-bond donors (Lipinski definition) is 4. The minimum absolute atomic E-state index is 0.00939. The second-order valence-corrected chi connectivity index (χ2v) is 12.0. The minimum atomic E-state index is -0.805. The number of ether oxygens (including phenoxy) is 2. The van der Waals surface area contributed by atoms with Crippen LogP contribution in [0.5, 0.6) is 0 Å². The maximum atomic E-state index is 12.3. The summed E-state index contributed by atoms with van der Waals surface area (Å²) in [6, 6.07) is 24.0. The number of aliphatic hydroxyl groups excluding tert-OH is 1. The number of benzene rings is 3. The molecule has 1 saturated heterocycles. The van der Waals surface area contributed by atoms with Crippen LogP contribution in [0.4, 0.5) is 0 Å². The van der Waals surface area contributed by atoms with Crippen molar-refractivity contribution < 1.29 is 29.3 Å². The maximum Gasteiger partial charge on any atom is 0.303 e. The number of nitrogens with zero attached hydrogens (tertiary/aromatic N) is 2. The Balaban J connectivity index is 1.25. The van der Waals surface area contributed by atoms with E-state index in [0.29, 0.717) is 38.0 Å². The van der Waals surface area contributed by atoms with Crippen LogP contribution < -0.4 is 5.32 Å². The lowest BCUT2D eigenvalue weighted by Crippen LogP contribution is -2.31. The lowest BCUT2D eigenvalue weighted by Gasteiger charge is -2.36. The van der Waals surface area contributed by atoms with Gasteiger partial charge >= 0.3 is 5.97 Å². The van der Waals surface area contributed by atoms with Gasteiger partial charge in [-0.05, 0) is 52.8 Å². The summed E-state index contributed by atoms with van der Waals surface area (Å²) in [5.41, 5.74) is 5.79. The van der Waals surface area contributed by atoms with Crippen LogP contribution in [0, 0.1) is 0 Å². The van der Waals surface area contributed by atoms with E-state index in [4.69, 9.17) is 14.6 Å². The van der Waals surface area contributed by atoms with E-state index in [1.54, 1.807) is 11.8 Å². The topological polar surface area (TPSA) is 147 Å². The molecule has 0 aliphatic carbocycles. The van der Waals surface area contributed by atoms with Crippen LogP contribution in [0.3, 0.4) is 0 Å². The third-order valence-electron chi connectivity index (χ3n) is 7.62. The smallest absolute Gasteiger partial charge is 0.303 e. The first kappa shape index (κ1) is 32.4. The highest BCUT2D eigenvalue weighted by atomic mass is 32.2. The Kier molecular flexibility index (Phi) is 11.7. The predicted molar refractivity (Wildman–Crippen MR) is 170 cm³/mol. The van der Waals surface area contributed by atoms with Crippen LogP contribution in [0.15, 0.2) is 84.3 Å². The number of hydrogen-bond acceptors (Lipinski definition) is 8. The molecule has 5 rings (SSSR count). The van der Waals surface area contributed by atoms with Gasteiger partial charge in [-0.25, -0.2) is 4.98 Å². The largest absolute Gasteiger partial charge is 0.481 e. The van der Waals surface area contributed by atoms with Crippen molar-refractivity contribution in [2.24, 2.45) is 0 Å². The minimum Gasteiger partial charge on any atom is -0.481 e. The highest BCUT2D eigenvalue weighted by molar-refractivity contribution is 7.99. The number of aromatic amines is 1. The number of nitrogens with one attached hydrogen (secondary N) is 2. The number of thioether (sulfide) groups is 1. The van der Waals surface area contributed by atoms with Gasteiger partial charge in [0.25, 0.3) is 0 Å². The summed E-state index contributed by atoms with van der Waals surface area (Å²) in [5.74, 6) is -0.169. The fraction of sp³-hybridized carbons (Fsp3) is 0.353. The number of amides is 1. The van der Waals surface area contributed by atoms with E-state index in [2.05, 4.69) is 32.6 Å². The van der Waals surface area contributed by atoms with Crippen LogP contribution in [0.2, 0.25) is 0 Å². The number of carbonyl (C=O) groups excluding carboxylic acids is 1. The number of carbonyl (C=O) groups is 2. The van der Waals surface area contributed by atoms with Crippen LogP contribution in [0.25, 0.3) is 11.1 Å². The standard InChI is InChI=1S/C34H38N4O6S/c39-20-23-12-14-25(15-13-23)30-18-29(21-45-34-36-22-37-38-34)43-33(44-30)28-9-5-8-27(17-28)26-7-4-6-24(16-26)19-35-31(40)10-2-1-3-11-32(41)42/h4-9,12-17,22,29-30,33,39H,1-3,10-11,18-21H2,(H,35,40)(H,41,42)(H,36,37,38)/t29-,30+,33+/m0/s1. The summed E-state index contributed by atoms with van der Waals surface area (Å²) in [7, 11) is 0. The van der Waals surface area contributed by atoms with Crippen molar-refractivity contribution in [2.75, 3.05) is 5.75 Å². The Morgan fingerprint density at radius 1 is 0.911 bits per heavy atom. The highest BCUT2D eigenvalue weighted by Gasteiger charge is 2.32. The SMILES string of the molecule is O=C(O)CCCCCC(=O)NCc1cccc(-c2cccc([C@@H]3O[C@H](CSc4ncn[nH]4)C[C@H](c4ccc(CO)cc4)O3)c2)c1. The molecule has 1 amide bonds. The van der Waals surface area contributed by atoms with Gasteiger partial charge in [0, 0.05) is 37.1 Å². The zero-order valence-corrected chi connectivity index (χ0v) is 25.7. The summed E-state index contributed by atoms with van der Waals surface area (Å²) in [6.07, 6.45) is 3.78. The molecule has 3 atom stereocenters. The van der Waals surface area contributed by atoms with Crippen LogP contribution >= 0.6 is 11.8 Å². The normalized spacial score (nSPS) is 18.0. The van der Waals surface area contributed by atoms with Gasteiger partial charge in [-0.3, -0.25) is 14.7 Å². The summed E-state index contributed by atoms with van der Waals surface area (Å²) in [6.45, 7) is 0.405. The molecule has 3 aromatic carbocycles. The molecule has 4 aromatic rings. The van der Waals surface area contributed by atoms with Crippen LogP contribution in [0.1, 0.15) is 73.2 Å². The lowest BCUT2D eigenvalue weighted by atomic mass is 9.99. The second kappa shape index (κ2) is 16.3. The Morgan fingerprint density at radius 3 is 2.44 bits per heavy atom. The van der Waals surface area contributed by atoms with Crippen molar-refractivity contribution in [1.82, 2.24) is 20.5 Å². The molecule has 4 N–H and O–H groups in total. The van der Waals surface area contributed by atoms with Crippen molar-refractivity contribution in [1.29, 1.82) is 0 Å². The number of aliphatic hydroxyl groups is 1. The van der Waals surface area contributed by atoms with E-state index < -0.39 is 12.3 Å². The molecule has 0 bridgehead atoms. The van der Waals surface area contributed by atoms with Crippen LogP contribution in [-0.4, -0.2) is 49.1 Å². The number of carboxylic acid groups (broad SMARTS) is 1. The van der Waals surface area contributed by atoms with Gasteiger partial charge in [-0.1, -0.05) is 78.8 Å². The molecule has 2 heterocycles. The quantitative estimate of drug-likeness (QED) is 0.0924. The van der Waals surface area contributed by atoms with Crippen molar-refractivity contribution >= 4 is 23.6 Å². The zero-order chi connectivity index (χ0) is 31.4. The maximum absolute atomic E-state index is 12.3. The third kappa shape index (κ3) is 9.73. The molecular weight excluding hydrogens is 592 g/mol. The van der Waals surface area contributed by atoms with E-state index in [1.165, 1.54) is 6.33 Å². The summed E-state index contributed by atoms with van der Waals surface area (Å²) in [5, 5.41) is 28.8. The Morgan fingerprint density at radius 2 is 1.69 bits per heavy atom. The first-order valence-corrected chi connectivity index (χ1v) is 16.1. The van der Waals surface area contributed by atoms with E-state index in [9.17, 15) is 14.7 Å². The van der Waals surface area contributed by atoms with Crippen molar-refractivity contribution in [3.63, 3.8) is 0 Å². The summed E-state index contributed by atoms with van der Waals surface area (Å²) < 4.78 is 13.0. The van der Waals surface area contributed by atoms with Gasteiger partial charge in [-0.15, -0.1) is 0 Å². The lowest BCUT2D eigenvalue weighted by molar-refractivity contribution is -0.245. The number of carboxylic acids is 1. The van der Waals surface area contributed by atoms with Crippen LogP contribution in [-0.2, 0) is 32.2 Å². The average Bonchev–Trinajstić information content (AvgIpc) is 3.60. The van der Waals surface area contributed by atoms with Crippen molar-refractivity contribution in [3.8, 4) is 11.1 Å². The number of aliphatic carboxylic acids is 1. The highest BCUT2D eigenvalue weighted by Crippen LogP contribution is 2.40. The monoisotopic (exact) mass is 630 g/mol. The molecule has 0 saturated carbocycles. The van der Waals surface area contributed by atoms with Crippen molar-refractivity contribution in [3.05, 3.63) is 101 Å². The van der Waals surface area contributed by atoms with E-state index >= 15 is 0 Å². The molecule has 0 spiro atoms. The molecule has 0 radical (unpaired) electrons. The number of unbranched alkanes of at least 4 members (excludes halogenated alkanes) is 2. The fourth-order valence-electron chi connectivity index (χ4n) is 5.21. The molecule has 1 aliphatic rings. The zero-order valence-electron chi connectivity index (χ0n) is 24.9. The molecule has 10 nitrogen and oxygen atoms in total. The molecule has 236 valence electrons. The molecule has 1 fully saturated rings. The van der Waals surface area contributed by atoms with E-state index in [-0.39, 0.29) is 31.1 Å². The molecule has 0 unspecified atom stereocenters. The first-order chi connectivity index (χ1) is 22.0. The molecule has 45 heavy (non-hydrogen) atoms. The fourth-order valence-corrected chi connectivity index (χ4v) is 6.01. The summed E-state index contributed by atoms with van der Waals surface area (Å²) in [4.78, 5) is 27.2. The van der Waals surface area contributed by atoms with E-state index in [1.807, 2.05) is 60.7 Å². The number of rotatable bonds is 15. The predicted octanol–water partition coefficient (Wildman–Crippen LogP) is 5.95. The van der Waals surface area contributed by atoms with Gasteiger partial charge in [0.15, 0.2) is 11.4 Å². The molecule has 1 aromatic heterocycles. The third-order valence-corrected chi connectivity index (χ3v) is 8.63. The van der Waals surface area contributed by atoms with Crippen molar-refractivity contribution in [2.45, 2.75) is 75.3 Å². The van der Waals surface area contributed by atoms with Gasteiger partial charge in [0.05, 0.1) is 18.8 Å². The molecule has 11 heteroatoms. The Hall–Kier alpha value is -4.03. The summed E-state index contributed by atoms with van der Waals surface area (Å²) >= 11 is 1.56. The van der Waals surface area contributed by atoms with Gasteiger partial charge in [0.2, 0.25) is 5.91 Å². The van der Waals surface area contributed by atoms with Gasteiger partial charge < -0.3 is 25.0 Å². The van der Waals surface area contributed by atoms with Gasteiger partial charge in [0.1, 0.15) is 6.33 Å². The second-order valence-electron chi connectivity index (χ2n) is 11.0. The average molecular weight is 631 g/mol. The number of H-pyrrole nitrogens is 1. The first-order valence-electron chi connectivity index (χ1n) is 15.1. The number of aromatic nitrogens is 3. The van der Waals surface area contributed by atoms with E-state index in [0.717, 1.165) is 45.0 Å². The molecule has 1 aliphatic heterocycles. The molecular formula is C34H38N4O6S. The Bertz CT molecular complexity index is 1530. The van der Waals surface area contributed by atoms with Gasteiger partial charge in [-0.2, -0.15) is 5.10 Å².